The Bertz CT molecular complexity index is 210. The van der Waals surface area contributed by atoms with Crippen LogP contribution in [0.25, 0.3) is 0 Å². The van der Waals surface area contributed by atoms with Crippen molar-refractivity contribution in [2.24, 2.45) is 11.1 Å². The van der Waals surface area contributed by atoms with E-state index in [9.17, 15) is 4.79 Å². The Balaban J connectivity index is 2.25. The van der Waals surface area contributed by atoms with Gasteiger partial charge in [-0.2, -0.15) is 0 Å². The number of carbonyl (C=O) groups is 1. The highest BCUT2D eigenvalue weighted by atomic mass is 16.4. The van der Waals surface area contributed by atoms with Crippen LogP contribution in [0.15, 0.2) is 0 Å². The average molecular weight is 213 g/mol. The number of carboxylic acids is 1. The quantitative estimate of drug-likeness (QED) is 0.737. The molecule has 1 fully saturated rings. The Morgan fingerprint density at radius 3 is 2.53 bits per heavy atom. The number of aliphatic carboxylic acids is 1. The summed E-state index contributed by atoms with van der Waals surface area (Å²) in [5.41, 5.74) is 6.19. The molecule has 1 atom stereocenters. The Morgan fingerprint density at radius 1 is 1.40 bits per heavy atom. The van der Waals surface area contributed by atoms with Gasteiger partial charge in [0.1, 0.15) is 0 Å². The molecule has 0 aliphatic heterocycles. The molecular formula is C12H23NO2. The lowest BCUT2D eigenvalue weighted by molar-refractivity contribution is -0.137. The average Bonchev–Trinajstić information content (AvgIpc) is 2.15. The molecule has 1 aliphatic rings. The van der Waals surface area contributed by atoms with Gasteiger partial charge in [0.15, 0.2) is 0 Å². The number of carboxylic acid groups (broad SMARTS) is 1. The Kier molecular flexibility index (Phi) is 4.58. The van der Waals surface area contributed by atoms with Crippen molar-refractivity contribution in [2.45, 2.75) is 64.3 Å². The number of nitrogens with two attached hydrogens (primary N) is 1. The molecule has 3 heteroatoms. The van der Waals surface area contributed by atoms with Gasteiger partial charge in [0.25, 0.3) is 0 Å². The second kappa shape index (κ2) is 5.50. The zero-order chi connectivity index (χ0) is 11.3. The normalized spacial score (nSPS) is 22.3. The van der Waals surface area contributed by atoms with Crippen molar-refractivity contribution < 1.29 is 9.90 Å². The molecule has 1 rings (SSSR count). The maximum absolute atomic E-state index is 10.5. The van der Waals surface area contributed by atoms with Crippen LogP contribution in [0.2, 0.25) is 0 Å². The molecule has 15 heavy (non-hydrogen) atoms. The lowest BCUT2D eigenvalue weighted by Gasteiger charge is -2.34. The fraction of sp³-hybridized carbons (Fsp3) is 0.917. The fourth-order valence-electron chi connectivity index (χ4n) is 2.52. The minimum Gasteiger partial charge on any atom is -0.481 e. The summed E-state index contributed by atoms with van der Waals surface area (Å²) in [7, 11) is 0. The third kappa shape index (κ3) is 4.65. The van der Waals surface area contributed by atoms with E-state index in [1.807, 2.05) is 0 Å². The second-order valence-electron chi connectivity index (χ2n) is 5.27. The minimum atomic E-state index is -0.781. The van der Waals surface area contributed by atoms with Gasteiger partial charge in [-0.15, -0.1) is 0 Å². The molecule has 0 spiro atoms. The molecule has 0 heterocycles. The van der Waals surface area contributed by atoms with Crippen LogP contribution in [-0.2, 0) is 4.79 Å². The van der Waals surface area contributed by atoms with Crippen LogP contribution in [0, 0.1) is 5.41 Å². The molecule has 1 aliphatic carbocycles. The molecule has 0 aromatic carbocycles. The van der Waals surface area contributed by atoms with E-state index in [2.05, 4.69) is 6.92 Å². The minimum absolute atomic E-state index is 0.107. The summed E-state index contributed by atoms with van der Waals surface area (Å²) in [6.07, 6.45) is 8.62. The maximum atomic E-state index is 10.5. The second-order valence-corrected chi connectivity index (χ2v) is 5.27. The number of rotatable bonds is 5. The third-order valence-corrected chi connectivity index (χ3v) is 3.62. The van der Waals surface area contributed by atoms with E-state index in [0.717, 1.165) is 12.8 Å². The predicted octanol–water partition coefficient (Wildman–Crippen LogP) is 2.54. The Hall–Kier alpha value is -0.570. The molecule has 0 saturated heterocycles. The van der Waals surface area contributed by atoms with Gasteiger partial charge < -0.3 is 10.8 Å². The first kappa shape index (κ1) is 12.5. The monoisotopic (exact) mass is 213 g/mol. The Labute approximate surface area is 92.0 Å². The third-order valence-electron chi connectivity index (χ3n) is 3.62. The SMILES string of the molecule is CC1(CCC(N)CC(=O)O)CCCCC1. The van der Waals surface area contributed by atoms with Crippen LogP contribution >= 0.6 is 0 Å². The molecule has 1 saturated carbocycles. The van der Waals surface area contributed by atoms with Gasteiger partial charge in [0, 0.05) is 6.04 Å². The smallest absolute Gasteiger partial charge is 0.304 e. The first-order chi connectivity index (χ1) is 7.02. The lowest BCUT2D eigenvalue weighted by Crippen LogP contribution is -2.28. The standard InChI is InChI=1S/C12H23NO2/c1-12(6-3-2-4-7-12)8-5-10(13)9-11(14)15/h10H,2-9,13H2,1H3,(H,14,15). The predicted molar refractivity (Wildman–Crippen MR) is 60.7 cm³/mol. The number of hydrogen-bond acceptors (Lipinski definition) is 2. The van der Waals surface area contributed by atoms with Crippen LogP contribution in [-0.4, -0.2) is 17.1 Å². The van der Waals surface area contributed by atoms with Gasteiger partial charge in [-0.25, -0.2) is 0 Å². The molecule has 0 aromatic rings. The molecule has 0 aromatic heterocycles. The van der Waals surface area contributed by atoms with Crippen molar-refractivity contribution in [1.29, 1.82) is 0 Å². The van der Waals surface area contributed by atoms with Gasteiger partial charge in [-0.1, -0.05) is 26.2 Å². The van der Waals surface area contributed by atoms with Crippen LogP contribution in [0.4, 0.5) is 0 Å². The van der Waals surface area contributed by atoms with Crippen molar-refractivity contribution >= 4 is 5.97 Å². The van der Waals surface area contributed by atoms with Crippen molar-refractivity contribution in [3.8, 4) is 0 Å². The van der Waals surface area contributed by atoms with Crippen molar-refractivity contribution in [3.63, 3.8) is 0 Å². The first-order valence-electron chi connectivity index (χ1n) is 5.99. The number of hydrogen-bond donors (Lipinski definition) is 2. The van der Waals surface area contributed by atoms with Crippen LogP contribution in [0.1, 0.15) is 58.3 Å². The van der Waals surface area contributed by atoms with Crippen LogP contribution in [0.3, 0.4) is 0 Å². The molecular weight excluding hydrogens is 190 g/mol. The van der Waals surface area contributed by atoms with Crippen molar-refractivity contribution in [1.82, 2.24) is 0 Å². The molecule has 3 nitrogen and oxygen atoms in total. The highest BCUT2D eigenvalue weighted by Gasteiger charge is 2.27. The summed E-state index contributed by atoms with van der Waals surface area (Å²) in [4.78, 5) is 10.5. The van der Waals surface area contributed by atoms with Gasteiger partial charge in [0.2, 0.25) is 0 Å². The summed E-state index contributed by atoms with van der Waals surface area (Å²) in [5, 5.41) is 8.61. The molecule has 0 amide bonds. The lowest BCUT2D eigenvalue weighted by atomic mass is 9.72. The molecule has 88 valence electrons. The molecule has 1 unspecified atom stereocenters. The van der Waals surface area contributed by atoms with E-state index in [4.69, 9.17) is 10.8 Å². The largest absolute Gasteiger partial charge is 0.481 e. The summed E-state index contributed by atoms with van der Waals surface area (Å²) in [6.45, 7) is 2.32. The van der Waals surface area contributed by atoms with E-state index in [-0.39, 0.29) is 12.5 Å². The zero-order valence-electron chi connectivity index (χ0n) is 9.67. The van der Waals surface area contributed by atoms with E-state index in [1.54, 1.807) is 0 Å². The van der Waals surface area contributed by atoms with E-state index >= 15 is 0 Å². The topological polar surface area (TPSA) is 63.3 Å². The van der Waals surface area contributed by atoms with Gasteiger partial charge >= 0.3 is 5.97 Å². The first-order valence-corrected chi connectivity index (χ1v) is 5.99. The van der Waals surface area contributed by atoms with E-state index < -0.39 is 5.97 Å². The summed E-state index contributed by atoms with van der Waals surface area (Å²) >= 11 is 0. The van der Waals surface area contributed by atoms with Crippen molar-refractivity contribution in [2.75, 3.05) is 0 Å². The van der Waals surface area contributed by atoms with Crippen LogP contribution < -0.4 is 5.73 Å². The van der Waals surface area contributed by atoms with Gasteiger partial charge in [-0.05, 0) is 31.1 Å². The van der Waals surface area contributed by atoms with Gasteiger partial charge in [0.05, 0.1) is 6.42 Å². The summed E-state index contributed by atoms with van der Waals surface area (Å²) in [5.74, 6) is -0.781. The van der Waals surface area contributed by atoms with E-state index in [0.29, 0.717) is 5.41 Å². The zero-order valence-corrected chi connectivity index (χ0v) is 9.67. The highest BCUT2D eigenvalue weighted by Crippen LogP contribution is 2.39. The highest BCUT2D eigenvalue weighted by molar-refractivity contribution is 5.67. The van der Waals surface area contributed by atoms with Gasteiger partial charge in [-0.3, -0.25) is 4.79 Å². The van der Waals surface area contributed by atoms with Crippen LogP contribution in [0.5, 0.6) is 0 Å². The van der Waals surface area contributed by atoms with E-state index in [1.165, 1.54) is 32.1 Å². The molecule has 3 N–H and O–H groups in total. The molecule has 0 bridgehead atoms. The fourth-order valence-corrected chi connectivity index (χ4v) is 2.52. The van der Waals surface area contributed by atoms with Crippen molar-refractivity contribution in [3.05, 3.63) is 0 Å². The summed E-state index contributed by atoms with van der Waals surface area (Å²) in [6, 6.07) is -0.166. The maximum Gasteiger partial charge on any atom is 0.304 e. The molecule has 0 radical (unpaired) electrons. The summed E-state index contributed by atoms with van der Waals surface area (Å²) < 4.78 is 0. The Morgan fingerprint density at radius 2 is 2.00 bits per heavy atom.